The minimum absolute atomic E-state index is 0.0854. The highest BCUT2D eigenvalue weighted by molar-refractivity contribution is 8.26. The lowest BCUT2D eigenvalue weighted by atomic mass is 10.1. The van der Waals surface area contributed by atoms with Gasteiger partial charge in [0.1, 0.15) is 4.32 Å². The molecule has 8 nitrogen and oxygen atoms in total. The van der Waals surface area contributed by atoms with E-state index in [0.717, 1.165) is 11.3 Å². The summed E-state index contributed by atoms with van der Waals surface area (Å²) in [6, 6.07) is 7.73. The Morgan fingerprint density at radius 2 is 1.70 bits per heavy atom. The number of anilines is 1. The second-order valence-corrected chi connectivity index (χ2v) is 9.06. The summed E-state index contributed by atoms with van der Waals surface area (Å²) < 4.78 is 0.384. The number of hydrogen-bond acceptors (Lipinski definition) is 8. The summed E-state index contributed by atoms with van der Waals surface area (Å²) >= 11 is 18.0. The number of nitrogens with one attached hydrogen (secondary N) is 1. The molecule has 0 atom stereocenters. The van der Waals surface area contributed by atoms with E-state index in [1.165, 1.54) is 16.7 Å². The highest BCUT2D eigenvalue weighted by Gasteiger charge is 2.32. The first-order chi connectivity index (χ1) is 15.9. The van der Waals surface area contributed by atoms with Gasteiger partial charge in [-0.1, -0.05) is 36.1 Å². The van der Waals surface area contributed by atoms with Gasteiger partial charge in [-0.15, -0.1) is 23.2 Å². The van der Waals surface area contributed by atoms with Gasteiger partial charge in [-0.2, -0.15) is 0 Å². The second-order valence-electron chi connectivity index (χ2n) is 6.63. The standard InChI is InChI=1S/C17H18Cl2N2O3S2.C4H11NO2/c18-6-9-20(10-7-19)13-3-1-12(2-4-13)11-14-16(24)21(17(25)26-14)8-5-15(22)23;6-3-1-5-2-4-7/h1-4,11H,5-10H2,(H,22,23);5-7H,1-4H2/b14-11-;. The Kier molecular flexibility index (Phi) is 15.4. The number of hydrogen-bond donors (Lipinski definition) is 4. The summed E-state index contributed by atoms with van der Waals surface area (Å²) in [4.78, 5) is 27.0. The predicted octanol–water partition coefficient (Wildman–Crippen LogP) is 2.21. The number of rotatable bonds is 13. The highest BCUT2D eigenvalue weighted by atomic mass is 35.5. The fourth-order valence-electron chi connectivity index (χ4n) is 2.69. The van der Waals surface area contributed by atoms with Crippen LogP contribution >= 0.6 is 47.2 Å². The Morgan fingerprint density at radius 1 is 1.12 bits per heavy atom. The predicted molar refractivity (Wildman–Crippen MR) is 139 cm³/mol. The molecule has 0 unspecified atom stereocenters. The SMILES string of the molecule is O=C(O)CCN1C(=O)/C(=C/c2ccc(N(CCCl)CCCl)cc2)SC1=S.OCCNCCO. The number of amides is 1. The van der Waals surface area contributed by atoms with E-state index in [9.17, 15) is 9.59 Å². The minimum atomic E-state index is -0.961. The van der Waals surface area contributed by atoms with Gasteiger partial charge in [-0.3, -0.25) is 14.5 Å². The molecule has 4 N–H and O–H groups in total. The molecule has 1 amide bonds. The molecule has 2 rings (SSSR count). The molecule has 1 aliphatic rings. The number of carboxylic acid groups (broad SMARTS) is 1. The van der Waals surface area contributed by atoms with E-state index in [2.05, 4.69) is 10.2 Å². The smallest absolute Gasteiger partial charge is 0.305 e. The summed E-state index contributed by atoms with van der Waals surface area (Å²) in [6.07, 6.45) is 1.63. The summed E-state index contributed by atoms with van der Waals surface area (Å²) in [5.41, 5.74) is 1.88. The number of thiocarbonyl (C=S) groups is 1. The Labute approximate surface area is 213 Å². The van der Waals surface area contributed by atoms with Crippen LogP contribution in [-0.4, -0.2) is 94.1 Å². The molecule has 0 aromatic heterocycles. The van der Waals surface area contributed by atoms with Crippen molar-refractivity contribution in [1.82, 2.24) is 10.2 Å². The van der Waals surface area contributed by atoms with Crippen molar-refractivity contribution in [3.05, 3.63) is 34.7 Å². The Bertz CT molecular complexity index is 787. The zero-order valence-corrected chi connectivity index (χ0v) is 21.2. The number of nitrogens with zero attached hydrogens (tertiary/aromatic N) is 2. The van der Waals surface area contributed by atoms with Gasteiger partial charge in [0.05, 0.1) is 24.5 Å². The van der Waals surface area contributed by atoms with Crippen LogP contribution in [0, 0.1) is 0 Å². The van der Waals surface area contributed by atoms with Crippen molar-refractivity contribution >= 4 is 75.1 Å². The van der Waals surface area contributed by atoms with Crippen LogP contribution in [0.4, 0.5) is 5.69 Å². The molecular formula is C21H29Cl2N3O5S2. The van der Waals surface area contributed by atoms with Gasteiger partial charge in [-0.05, 0) is 23.8 Å². The quantitative estimate of drug-likeness (QED) is 0.130. The molecule has 1 heterocycles. The molecule has 0 spiro atoms. The maximum atomic E-state index is 12.4. The Hall–Kier alpha value is -1.40. The van der Waals surface area contributed by atoms with Gasteiger partial charge in [0.15, 0.2) is 0 Å². The number of aliphatic hydroxyl groups excluding tert-OH is 2. The van der Waals surface area contributed by atoms with Gasteiger partial charge < -0.3 is 25.5 Å². The largest absolute Gasteiger partial charge is 0.481 e. The molecule has 0 aliphatic carbocycles. The lowest BCUT2D eigenvalue weighted by Gasteiger charge is -2.22. The number of alkyl halides is 2. The normalized spacial score (nSPS) is 14.4. The number of aliphatic carboxylic acids is 1. The van der Waals surface area contributed by atoms with Crippen LogP contribution in [0.2, 0.25) is 0 Å². The number of aliphatic hydroxyl groups is 2. The van der Waals surface area contributed by atoms with E-state index < -0.39 is 5.97 Å². The third-order valence-electron chi connectivity index (χ3n) is 4.26. The van der Waals surface area contributed by atoms with Gasteiger partial charge >= 0.3 is 5.97 Å². The van der Waals surface area contributed by atoms with E-state index in [-0.39, 0.29) is 32.1 Å². The fourth-order valence-corrected chi connectivity index (χ4v) is 4.41. The van der Waals surface area contributed by atoms with Crippen LogP contribution in [0.15, 0.2) is 29.2 Å². The lowest BCUT2D eigenvalue weighted by Crippen LogP contribution is -2.30. The zero-order chi connectivity index (χ0) is 24.6. The van der Waals surface area contributed by atoms with Crippen molar-refractivity contribution in [1.29, 1.82) is 0 Å². The van der Waals surface area contributed by atoms with Crippen molar-refractivity contribution in [2.24, 2.45) is 0 Å². The molecule has 184 valence electrons. The maximum Gasteiger partial charge on any atom is 0.305 e. The van der Waals surface area contributed by atoms with Gasteiger partial charge in [0.25, 0.3) is 5.91 Å². The molecule has 1 saturated heterocycles. The molecular weight excluding hydrogens is 509 g/mol. The number of thioether (sulfide) groups is 1. The van der Waals surface area contributed by atoms with E-state index in [0.29, 0.717) is 47.2 Å². The number of benzene rings is 1. The van der Waals surface area contributed by atoms with Gasteiger partial charge in [0.2, 0.25) is 0 Å². The first-order valence-corrected chi connectivity index (χ1v) is 12.5. The molecule has 0 saturated carbocycles. The number of carbonyl (C=O) groups excluding carboxylic acids is 1. The van der Waals surface area contributed by atoms with Crippen LogP contribution < -0.4 is 10.2 Å². The lowest BCUT2D eigenvalue weighted by molar-refractivity contribution is -0.137. The number of carbonyl (C=O) groups is 2. The molecule has 1 fully saturated rings. The molecule has 0 radical (unpaired) electrons. The molecule has 33 heavy (non-hydrogen) atoms. The van der Waals surface area contributed by atoms with Crippen molar-refractivity contribution in [2.75, 3.05) is 62.6 Å². The Balaban J connectivity index is 0.000000675. The van der Waals surface area contributed by atoms with E-state index >= 15 is 0 Å². The second kappa shape index (κ2) is 17.1. The zero-order valence-electron chi connectivity index (χ0n) is 18.1. The van der Waals surface area contributed by atoms with Crippen LogP contribution in [0.5, 0.6) is 0 Å². The average molecular weight is 539 g/mol. The van der Waals surface area contributed by atoms with Crippen molar-refractivity contribution in [2.45, 2.75) is 6.42 Å². The third-order valence-corrected chi connectivity index (χ3v) is 5.98. The minimum Gasteiger partial charge on any atom is -0.481 e. The summed E-state index contributed by atoms with van der Waals surface area (Å²) in [5.74, 6) is -0.192. The summed E-state index contributed by atoms with van der Waals surface area (Å²) in [5, 5.41) is 27.9. The van der Waals surface area contributed by atoms with Crippen LogP contribution in [0.25, 0.3) is 6.08 Å². The summed E-state index contributed by atoms with van der Waals surface area (Å²) in [7, 11) is 0. The number of halogens is 2. The van der Waals surface area contributed by atoms with Crippen LogP contribution in [0.3, 0.4) is 0 Å². The molecule has 1 aliphatic heterocycles. The maximum absolute atomic E-state index is 12.4. The average Bonchev–Trinajstić information content (AvgIpc) is 3.05. The third kappa shape index (κ3) is 11.0. The molecule has 1 aromatic carbocycles. The Morgan fingerprint density at radius 3 is 2.18 bits per heavy atom. The van der Waals surface area contributed by atoms with Gasteiger partial charge in [0, 0.05) is 50.2 Å². The first-order valence-electron chi connectivity index (χ1n) is 10.2. The fraction of sp³-hybridized carbons (Fsp3) is 0.476. The van der Waals surface area contributed by atoms with Crippen LogP contribution in [-0.2, 0) is 9.59 Å². The molecule has 0 bridgehead atoms. The topological polar surface area (TPSA) is 113 Å². The highest BCUT2D eigenvalue weighted by Crippen LogP contribution is 2.32. The van der Waals surface area contributed by atoms with Crippen molar-refractivity contribution < 1.29 is 24.9 Å². The first kappa shape index (κ1) is 29.6. The monoisotopic (exact) mass is 537 g/mol. The summed E-state index contributed by atoms with van der Waals surface area (Å²) in [6.45, 7) is 2.91. The van der Waals surface area contributed by atoms with Crippen molar-refractivity contribution in [3.63, 3.8) is 0 Å². The number of carboxylic acids is 1. The van der Waals surface area contributed by atoms with E-state index in [4.69, 9.17) is 50.7 Å². The molecule has 1 aromatic rings. The van der Waals surface area contributed by atoms with Crippen molar-refractivity contribution in [3.8, 4) is 0 Å². The van der Waals surface area contributed by atoms with Gasteiger partial charge in [-0.25, -0.2) is 0 Å². The van der Waals surface area contributed by atoms with Crippen LogP contribution in [0.1, 0.15) is 12.0 Å². The van der Waals surface area contributed by atoms with E-state index in [1.54, 1.807) is 6.08 Å². The molecule has 12 heteroatoms. The van der Waals surface area contributed by atoms with E-state index in [1.807, 2.05) is 24.3 Å².